The maximum absolute atomic E-state index is 3.94. The van der Waals surface area contributed by atoms with Crippen LogP contribution < -0.4 is 5.32 Å². The zero-order valence-electron chi connectivity index (χ0n) is 11.7. The van der Waals surface area contributed by atoms with Crippen LogP contribution in [0.2, 0.25) is 0 Å². The third-order valence-electron chi connectivity index (χ3n) is 3.74. The number of thiophene rings is 1. The van der Waals surface area contributed by atoms with Gasteiger partial charge in [0, 0.05) is 22.2 Å². The smallest absolute Gasteiger partial charge is 0.0440 e. The van der Waals surface area contributed by atoms with Crippen LogP contribution in [0.15, 0.2) is 17.5 Å². The van der Waals surface area contributed by atoms with Gasteiger partial charge >= 0.3 is 0 Å². The van der Waals surface area contributed by atoms with Gasteiger partial charge in [0.2, 0.25) is 0 Å². The van der Waals surface area contributed by atoms with E-state index >= 15 is 0 Å². The number of thioether (sulfide) groups is 1. The summed E-state index contributed by atoms with van der Waals surface area (Å²) in [7, 11) is 0. The highest BCUT2D eigenvalue weighted by Crippen LogP contribution is 2.34. The topological polar surface area (TPSA) is 12.0 Å². The minimum absolute atomic E-state index is 0.535. The van der Waals surface area contributed by atoms with Crippen LogP contribution in [0.4, 0.5) is 0 Å². The van der Waals surface area contributed by atoms with Crippen LogP contribution in [0.3, 0.4) is 0 Å². The van der Waals surface area contributed by atoms with E-state index < -0.39 is 0 Å². The van der Waals surface area contributed by atoms with E-state index in [-0.39, 0.29) is 0 Å². The number of nitrogens with one attached hydrogen (secondary N) is 1. The summed E-state index contributed by atoms with van der Waals surface area (Å²) in [6.45, 7) is 6.93. The van der Waals surface area contributed by atoms with E-state index in [1.165, 1.54) is 29.9 Å². The molecule has 1 heterocycles. The molecular weight excluding hydrogens is 258 g/mol. The summed E-state index contributed by atoms with van der Waals surface area (Å²) in [6, 6.07) is 5.70. The van der Waals surface area contributed by atoms with Crippen molar-refractivity contribution in [2.75, 3.05) is 5.75 Å². The van der Waals surface area contributed by atoms with Crippen LogP contribution in [0, 0.1) is 5.92 Å². The summed E-state index contributed by atoms with van der Waals surface area (Å²) in [6.07, 6.45) is 4.14. The Balaban J connectivity index is 2.00. The van der Waals surface area contributed by atoms with E-state index in [1.807, 2.05) is 11.3 Å². The van der Waals surface area contributed by atoms with Crippen molar-refractivity contribution in [2.24, 2.45) is 5.92 Å². The lowest BCUT2D eigenvalue weighted by molar-refractivity contribution is 0.368. The average Bonchev–Trinajstić information content (AvgIpc) is 2.97. The van der Waals surface area contributed by atoms with E-state index in [0.29, 0.717) is 18.0 Å². The van der Waals surface area contributed by atoms with Crippen molar-refractivity contribution < 1.29 is 0 Å². The third kappa shape index (κ3) is 3.52. The molecule has 0 amide bonds. The average molecular weight is 284 g/mol. The maximum atomic E-state index is 3.94. The van der Waals surface area contributed by atoms with E-state index in [9.17, 15) is 0 Å². The lowest BCUT2D eigenvalue weighted by atomic mass is 10.0. The van der Waals surface area contributed by atoms with Crippen molar-refractivity contribution in [1.82, 2.24) is 5.32 Å². The number of hydrogen-bond acceptors (Lipinski definition) is 3. The maximum Gasteiger partial charge on any atom is 0.0440 e. The van der Waals surface area contributed by atoms with E-state index in [2.05, 4.69) is 55.4 Å². The minimum atomic E-state index is 0.535. The quantitative estimate of drug-likeness (QED) is 0.811. The number of hydrogen-bond donors (Lipinski definition) is 1. The van der Waals surface area contributed by atoms with Crippen LogP contribution in [-0.4, -0.2) is 17.0 Å². The van der Waals surface area contributed by atoms with Gasteiger partial charge in [-0.25, -0.2) is 0 Å². The van der Waals surface area contributed by atoms with Crippen molar-refractivity contribution in [3.63, 3.8) is 0 Å². The predicted octanol–water partition coefficient (Wildman–Crippen LogP) is 4.71. The highest BCUT2D eigenvalue weighted by Gasteiger charge is 2.30. The van der Waals surface area contributed by atoms with Crippen molar-refractivity contribution in [1.29, 1.82) is 0 Å². The molecule has 3 heteroatoms. The first-order chi connectivity index (χ1) is 8.72. The van der Waals surface area contributed by atoms with E-state index in [0.717, 1.165) is 5.25 Å². The normalized spacial score (nSPS) is 25.8. The molecule has 3 atom stereocenters. The molecule has 0 bridgehead atoms. The van der Waals surface area contributed by atoms with E-state index in [4.69, 9.17) is 0 Å². The standard InChI is InChI=1S/C15H25NS2/c1-4-17-13-8-5-7-12(13)16-15(11(2)3)14-9-6-10-18-14/h6,9-13,15-16H,4-5,7-8H2,1-3H3. The first kappa shape index (κ1) is 14.4. The van der Waals surface area contributed by atoms with Crippen LogP contribution in [-0.2, 0) is 0 Å². The zero-order valence-corrected chi connectivity index (χ0v) is 13.3. The fraction of sp³-hybridized carbons (Fsp3) is 0.733. The summed E-state index contributed by atoms with van der Waals surface area (Å²) in [5, 5.41) is 6.97. The molecule has 0 aliphatic heterocycles. The van der Waals surface area contributed by atoms with Crippen LogP contribution in [0.5, 0.6) is 0 Å². The first-order valence-electron chi connectivity index (χ1n) is 7.13. The molecular formula is C15H25NS2. The summed E-state index contributed by atoms with van der Waals surface area (Å²) >= 11 is 4.03. The molecule has 3 unspecified atom stereocenters. The molecule has 2 rings (SSSR count). The van der Waals surface area contributed by atoms with Crippen LogP contribution in [0.1, 0.15) is 51.0 Å². The Morgan fingerprint density at radius 2 is 2.28 bits per heavy atom. The largest absolute Gasteiger partial charge is 0.305 e. The van der Waals surface area contributed by atoms with Crippen molar-refractivity contribution in [3.8, 4) is 0 Å². The van der Waals surface area contributed by atoms with Crippen molar-refractivity contribution in [2.45, 2.75) is 57.4 Å². The van der Waals surface area contributed by atoms with Gasteiger partial charge in [0.05, 0.1) is 0 Å². The summed E-state index contributed by atoms with van der Waals surface area (Å²) in [4.78, 5) is 1.50. The van der Waals surface area contributed by atoms with Gasteiger partial charge in [0.1, 0.15) is 0 Å². The monoisotopic (exact) mass is 283 g/mol. The molecule has 0 aromatic carbocycles. The van der Waals surface area contributed by atoms with Crippen molar-refractivity contribution in [3.05, 3.63) is 22.4 Å². The molecule has 1 nitrogen and oxygen atoms in total. The van der Waals surface area contributed by atoms with E-state index in [1.54, 1.807) is 0 Å². The summed E-state index contributed by atoms with van der Waals surface area (Å²) in [5.41, 5.74) is 0. The van der Waals surface area contributed by atoms with Gasteiger partial charge in [-0.3, -0.25) is 0 Å². The Morgan fingerprint density at radius 3 is 2.89 bits per heavy atom. The van der Waals surface area contributed by atoms with Gasteiger partial charge in [0.25, 0.3) is 0 Å². The molecule has 1 aromatic heterocycles. The van der Waals surface area contributed by atoms with Gasteiger partial charge in [-0.1, -0.05) is 33.3 Å². The van der Waals surface area contributed by atoms with Crippen LogP contribution in [0.25, 0.3) is 0 Å². The Morgan fingerprint density at radius 1 is 1.44 bits per heavy atom. The van der Waals surface area contributed by atoms with Crippen molar-refractivity contribution >= 4 is 23.1 Å². The highest BCUT2D eigenvalue weighted by atomic mass is 32.2. The molecule has 102 valence electrons. The first-order valence-corrected chi connectivity index (χ1v) is 9.06. The zero-order chi connectivity index (χ0) is 13.0. The molecule has 1 aliphatic rings. The molecule has 0 spiro atoms. The molecule has 18 heavy (non-hydrogen) atoms. The molecule has 1 fully saturated rings. The van der Waals surface area contributed by atoms with Gasteiger partial charge in [-0.05, 0) is 36.0 Å². The molecule has 1 saturated carbocycles. The second kappa shape index (κ2) is 6.97. The lowest BCUT2D eigenvalue weighted by Gasteiger charge is -2.28. The Hall–Kier alpha value is 0.01000. The fourth-order valence-corrected chi connectivity index (χ4v) is 5.00. The van der Waals surface area contributed by atoms with Gasteiger partial charge in [-0.2, -0.15) is 11.8 Å². The summed E-state index contributed by atoms with van der Waals surface area (Å²) in [5.74, 6) is 1.91. The van der Waals surface area contributed by atoms with Crippen LogP contribution >= 0.6 is 23.1 Å². The lowest BCUT2D eigenvalue weighted by Crippen LogP contribution is -2.38. The Labute approximate surface area is 120 Å². The Bertz CT molecular complexity index is 334. The minimum Gasteiger partial charge on any atom is -0.305 e. The Kier molecular flexibility index (Phi) is 5.58. The SMILES string of the molecule is CCSC1CCCC1NC(c1cccs1)C(C)C. The molecule has 0 radical (unpaired) electrons. The van der Waals surface area contributed by atoms with Gasteiger partial charge in [0.15, 0.2) is 0 Å². The third-order valence-corrected chi connectivity index (χ3v) is 6.02. The fourth-order valence-electron chi connectivity index (χ4n) is 2.83. The molecule has 1 N–H and O–H groups in total. The van der Waals surface area contributed by atoms with Gasteiger partial charge < -0.3 is 5.32 Å². The molecule has 0 saturated heterocycles. The predicted molar refractivity (Wildman–Crippen MR) is 84.6 cm³/mol. The molecule has 1 aromatic rings. The molecule has 1 aliphatic carbocycles. The second-order valence-electron chi connectivity index (χ2n) is 5.43. The highest BCUT2D eigenvalue weighted by molar-refractivity contribution is 7.99. The summed E-state index contributed by atoms with van der Waals surface area (Å²) < 4.78 is 0. The van der Waals surface area contributed by atoms with Gasteiger partial charge in [-0.15, -0.1) is 11.3 Å². The number of rotatable bonds is 6. The second-order valence-corrected chi connectivity index (χ2v) is 7.93.